The van der Waals surface area contributed by atoms with Gasteiger partial charge in [-0.15, -0.1) is 0 Å². The highest BCUT2D eigenvalue weighted by Crippen LogP contribution is 2.36. The molecule has 1 aromatic heterocycles. The molecule has 1 saturated carbocycles. The Bertz CT molecular complexity index is 310. The predicted octanol–water partition coefficient (Wildman–Crippen LogP) is 2.39. The molecule has 1 aliphatic carbocycles. The lowest BCUT2D eigenvalue weighted by Crippen LogP contribution is -2.12. The Morgan fingerprint density at radius 2 is 2.29 bits per heavy atom. The van der Waals surface area contributed by atoms with E-state index in [4.69, 9.17) is 5.73 Å². The third kappa shape index (κ3) is 1.76. The molecule has 3 nitrogen and oxygen atoms in total. The number of anilines is 1. The van der Waals surface area contributed by atoms with Crippen LogP contribution in [0.2, 0.25) is 0 Å². The molecule has 0 aromatic carbocycles. The van der Waals surface area contributed by atoms with Crippen molar-refractivity contribution in [3.63, 3.8) is 0 Å². The summed E-state index contributed by atoms with van der Waals surface area (Å²) in [5.74, 6) is 2.11. The van der Waals surface area contributed by atoms with Crippen molar-refractivity contribution < 1.29 is 0 Å². The van der Waals surface area contributed by atoms with Crippen LogP contribution in [0.15, 0.2) is 6.07 Å². The van der Waals surface area contributed by atoms with Gasteiger partial charge in [0.05, 0.1) is 5.69 Å². The summed E-state index contributed by atoms with van der Waals surface area (Å²) in [5, 5.41) is 4.56. The van der Waals surface area contributed by atoms with Crippen LogP contribution in [0.25, 0.3) is 0 Å². The van der Waals surface area contributed by atoms with Crippen LogP contribution in [0.3, 0.4) is 0 Å². The minimum absolute atomic E-state index is 0.603. The maximum absolute atomic E-state index is 5.91. The molecule has 0 saturated heterocycles. The number of rotatable bonds is 3. The highest BCUT2D eigenvalue weighted by Gasteiger charge is 2.22. The van der Waals surface area contributed by atoms with Gasteiger partial charge in [-0.25, -0.2) is 4.68 Å². The lowest BCUT2D eigenvalue weighted by molar-refractivity contribution is 0.400. The standard InChI is InChI=1S/C11H19N3/c1-8(2)7-14-11(12)6-10(13-14)9-4-3-5-9/h6,8-9H,3-5,7,12H2,1-2H3. The summed E-state index contributed by atoms with van der Waals surface area (Å²) < 4.78 is 1.94. The third-order valence-corrected chi connectivity index (χ3v) is 2.89. The van der Waals surface area contributed by atoms with Crippen molar-refractivity contribution in [2.75, 3.05) is 5.73 Å². The van der Waals surface area contributed by atoms with Gasteiger partial charge in [-0.1, -0.05) is 20.3 Å². The first kappa shape index (κ1) is 9.56. The van der Waals surface area contributed by atoms with E-state index in [0.29, 0.717) is 11.8 Å². The Morgan fingerprint density at radius 1 is 1.57 bits per heavy atom. The summed E-state index contributed by atoms with van der Waals surface area (Å²) in [6.45, 7) is 5.30. The number of nitrogens with zero attached hydrogens (tertiary/aromatic N) is 2. The van der Waals surface area contributed by atoms with E-state index in [1.807, 2.05) is 10.7 Å². The number of hydrogen-bond acceptors (Lipinski definition) is 2. The van der Waals surface area contributed by atoms with Crippen LogP contribution < -0.4 is 5.73 Å². The molecule has 0 aliphatic heterocycles. The van der Waals surface area contributed by atoms with Gasteiger partial charge in [0, 0.05) is 18.5 Å². The second kappa shape index (κ2) is 3.64. The molecule has 3 heteroatoms. The first-order valence-electron chi connectivity index (χ1n) is 5.50. The topological polar surface area (TPSA) is 43.8 Å². The Hall–Kier alpha value is -0.990. The number of nitrogens with two attached hydrogens (primary N) is 1. The molecule has 14 heavy (non-hydrogen) atoms. The molecule has 0 bridgehead atoms. The molecule has 2 N–H and O–H groups in total. The largest absolute Gasteiger partial charge is 0.384 e. The molecule has 2 rings (SSSR count). The van der Waals surface area contributed by atoms with Crippen molar-refractivity contribution >= 4 is 5.82 Å². The second-order valence-corrected chi connectivity index (χ2v) is 4.70. The molecule has 0 spiro atoms. The third-order valence-electron chi connectivity index (χ3n) is 2.89. The minimum atomic E-state index is 0.603. The van der Waals surface area contributed by atoms with E-state index >= 15 is 0 Å². The number of aromatic nitrogens is 2. The quantitative estimate of drug-likeness (QED) is 0.801. The van der Waals surface area contributed by atoms with Crippen molar-refractivity contribution in [2.45, 2.75) is 45.6 Å². The highest BCUT2D eigenvalue weighted by molar-refractivity contribution is 5.33. The van der Waals surface area contributed by atoms with E-state index in [0.717, 1.165) is 12.4 Å². The van der Waals surface area contributed by atoms with Gasteiger partial charge in [-0.3, -0.25) is 0 Å². The van der Waals surface area contributed by atoms with Crippen molar-refractivity contribution in [1.29, 1.82) is 0 Å². The van der Waals surface area contributed by atoms with Crippen LogP contribution in [0.1, 0.15) is 44.7 Å². The van der Waals surface area contributed by atoms with Gasteiger partial charge >= 0.3 is 0 Å². The van der Waals surface area contributed by atoms with E-state index in [-0.39, 0.29) is 0 Å². The van der Waals surface area contributed by atoms with Crippen LogP contribution in [0, 0.1) is 5.92 Å². The van der Waals surface area contributed by atoms with E-state index in [1.165, 1.54) is 25.0 Å². The van der Waals surface area contributed by atoms with Gasteiger partial charge in [-0.05, 0) is 18.8 Å². The molecule has 1 aromatic rings. The first-order chi connectivity index (χ1) is 6.66. The molecule has 1 heterocycles. The Labute approximate surface area is 85.3 Å². The van der Waals surface area contributed by atoms with E-state index in [1.54, 1.807) is 0 Å². The number of hydrogen-bond donors (Lipinski definition) is 1. The summed E-state index contributed by atoms with van der Waals surface area (Å²) in [4.78, 5) is 0. The smallest absolute Gasteiger partial charge is 0.121 e. The van der Waals surface area contributed by atoms with Crippen LogP contribution >= 0.6 is 0 Å². The Morgan fingerprint density at radius 3 is 2.79 bits per heavy atom. The van der Waals surface area contributed by atoms with E-state index < -0.39 is 0 Å². The fraction of sp³-hybridized carbons (Fsp3) is 0.727. The first-order valence-corrected chi connectivity index (χ1v) is 5.50. The van der Waals surface area contributed by atoms with Crippen LogP contribution in [-0.4, -0.2) is 9.78 Å². The lowest BCUT2D eigenvalue weighted by Gasteiger charge is -2.22. The average molecular weight is 193 g/mol. The van der Waals surface area contributed by atoms with Gasteiger partial charge in [0.15, 0.2) is 0 Å². The highest BCUT2D eigenvalue weighted by atomic mass is 15.3. The normalized spacial score (nSPS) is 17.4. The second-order valence-electron chi connectivity index (χ2n) is 4.70. The number of nitrogen functional groups attached to an aromatic ring is 1. The molecule has 0 radical (unpaired) electrons. The van der Waals surface area contributed by atoms with Crippen molar-refractivity contribution in [2.24, 2.45) is 5.92 Å². The summed E-state index contributed by atoms with van der Waals surface area (Å²) in [5.41, 5.74) is 7.11. The van der Waals surface area contributed by atoms with Gasteiger partial charge in [-0.2, -0.15) is 5.10 Å². The summed E-state index contributed by atoms with van der Waals surface area (Å²) >= 11 is 0. The SMILES string of the molecule is CC(C)Cn1nc(C2CCC2)cc1N. The lowest BCUT2D eigenvalue weighted by atomic mass is 9.83. The van der Waals surface area contributed by atoms with Crippen LogP contribution in [0.4, 0.5) is 5.82 Å². The molecule has 1 aliphatic rings. The van der Waals surface area contributed by atoms with Crippen molar-refractivity contribution in [3.8, 4) is 0 Å². The molecule has 0 amide bonds. The predicted molar refractivity (Wildman–Crippen MR) is 58.1 cm³/mol. The van der Waals surface area contributed by atoms with Crippen molar-refractivity contribution in [3.05, 3.63) is 11.8 Å². The fourth-order valence-electron chi connectivity index (χ4n) is 1.85. The summed E-state index contributed by atoms with van der Waals surface area (Å²) in [6, 6.07) is 2.05. The molecule has 1 fully saturated rings. The molecule has 78 valence electrons. The van der Waals surface area contributed by atoms with Crippen molar-refractivity contribution in [1.82, 2.24) is 9.78 Å². The van der Waals surface area contributed by atoms with Gasteiger partial charge < -0.3 is 5.73 Å². The molecular weight excluding hydrogens is 174 g/mol. The maximum Gasteiger partial charge on any atom is 0.121 e. The average Bonchev–Trinajstić information content (AvgIpc) is 2.27. The Kier molecular flexibility index (Phi) is 2.48. The fourth-order valence-corrected chi connectivity index (χ4v) is 1.85. The molecule has 0 atom stereocenters. The monoisotopic (exact) mass is 193 g/mol. The van der Waals surface area contributed by atoms with Gasteiger partial charge in [0.1, 0.15) is 5.82 Å². The maximum atomic E-state index is 5.91. The zero-order valence-corrected chi connectivity index (χ0v) is 9.03. The van der Waals surface area contributed by atoms with E-state index in [9.17, 15) is 0 Å². The minimum Gasteiger partial charge on any atom is -0.384 e. The molecule has 0 unspecified atom stereocenters. The van der Waals surface area contributed by atoms with Gasteiger partial charge in [0.25, 0.3) is 0 Å². The summed E-state index contributed by atoms with van der Waals surface area (Å²) in [7, 11) is 0. The van der Waals surface area contributed by atoms with Gasteiger partial charge in [0.2, 0.25) is 0 Å². The Balaban J connectivity index is 2.12. The zero-order valence-electron chi connectivity index (χ0n) is 9.03. The van der Waals surface area contributed by atoms with Crippen LogP contribution in [0.5, 0.6) is 0 Å². The summed E-state index contributed by atoms with van der Waals surface area (Å²) in [6.07, 6.45) is 3.93. The zero-order chi connectivity index (χ0) is 10.1. The van der Waals surface area contributed by atoms with E-state index in [2.05, 4.69) is 18.9 Å². The van der Waals surface area contributed by atoms with Crippen LogP contribution in [-0.2, 0) is 6.54 Å². The molecular formula is C11H19N3.